The van der Waals surface area contributed by atoms with Crippen LogP contribution in [0.3, 0.4) is 0 Å². The number of halogens is 1. The van der Waals surface area contributed by atoms with Gasteiger partial charge in [-0.2, -0.15) is 0 Å². The zero-order chi connectivity index (χ0) is 13.2. The lowest BCUT2D eigenvalue weighted by molar-refractivity contribution is 0.424. The smallest absolute Gasteiger partial charge is 0.0574 e. The van der Waals surface area contributed by atoms with Crippen LogP contribution in [0.5, 0.6) is 0 Å². The summed E-state index contributed by atoms with van der Waals surface area (Å²) in [6.45, 7) is 8.42. The summed E-state index contributed by atoms with van der Waals surface area (Å²) in [6.07, 6.45) is 4.36. The molecule has 0 aromatic carbocycles. The first-order valence-corrected chi connectivity index (χ1v) is 7.73. The minimum absolute atomic E-state index is 0.166. The minimum atomic E-state index is 0.166. The molecule has 0 saturated carbocycles. The normalized spacial score (nSPS) is 12.0. The van der Waals surface area contributed by atoms with Crippen molar-refractivity contribution in [1.29, 1.82) is 0 Å². The fourth-order valence-corrected chi connectivity index (χ4v) is 3.15. The second-order valence-corrected chi connectivity index (χ2v) is 7.34. The van der Waals surface area contributed by atoms with Gasteiger partial charge < -0.3 is 9.88 Å². The van der Waals surface area contributed by atoms with Crippen molar-refractivity contribution in [2.75, 3.05) is 0 Å². The third kappa shape index (κ3) is 3.97. The van der Waals surface area contributed by atoms with E-state index in [0.717, 1.165) is 13.1 Å². The Hall–Kier alpha value is -0.580. The summed E-state index contributed by atoms with van der Waals surface area (Å²) in [4.78, 5) is 1.36. The average Bonchev–Trinajstić information content (AvgIpc) is 2.86. The van der Waals surface area contributed by atoms with E-state index < -0.39 is 0 Å². The van der Waals surface area contributed by atoms with E-state index in [0.29, 0.717) is 0 Å². The fourth-order valence-electron chi connectivity index (χ4n) is 1.66. The number of nitrogens with one attached hydrogen (secondary N) is 1. The standard InChI is InChI=1S/C14H19BrN2S/c1-14(2,3)16-8-11-4-6-17(9-11)10-13-12(15)5-7-18-13/h4-7,9,16H,8,10H2,1-3H3. The van der Waals surface area contributed by atoms with Gasteiger partial charge in [0.05, 0.1) is 6.54 Å². The van der Waals surface area contributed by atoms with Crippen molar-refractivity contribution in [3.8, 4) is 0 Å². The third-order valence-electron chi connectivity index (χ3n) is 2.65. The topological polar surface area (TPSA) is 17.0 Å². The highest BCUT2D eigenvalue weighted by atomic mass is 79.9. The van der Waals surface area contributed by atoms with Crippen LogP contribution in [0.15, 0.2) is 34.4 Å². The van der Waals surface area contributed by atoms with Gasteiger partial charge in [-0.15, -0.1) is 11.3 Å². The highest BCUT2D eigenvalue weighted by Crippen LogP contribution is 2.23. The van der Waals surface area contributed by atoms with E-state index in [1.54, 1.807) is 11.3 Å². The number of thiophene rings is 1. The van der Waals surface area contributed by atoms with Crippen LogP contribution in [-0.4, -0.2) is 10.1 Å². The Morgan fingerprint density at radius 3 is 2.72 bits per heavy atom. The molecule has 0 atom stereocenters. The van der Waals surface area contributed by atoms with Crippen molar-refractivity contribution in [2.45, 2.75) is 39.4 Å². The number of aromatic nitrogens is 1. The van der Waals surface area contributed by atoms with Crippen LogP contribution in [0, 0.1) is 0 Å². The van der Waals surface area contributed by atoms with Gasteiger partial charge in [0, 0.05) is 33.8 Å². The van der Waals surface area contributed by atoms with E-state index in [-0.39, 0.29) is 5.54 Å². The molecule has 2 heterocycles. The second-order valence-electron chi connectivity index (χ2n) is 5.49. The first kappa shape index (κ1) is 13.8. The molecular formula is C14H19BrN2S. The Morgan fingerprint density at radius 1 is 1.33 bits per heavy atom. The van der Waals surface area contributed by atoms with Crippen LogP contribution >= 0.6 is 27.3 Å². The van der Waals surface area contributed by atoms with E-state index >= 15 is 0 Å². The molecule has 0 aliphatic carbocycles. The lowest BCUT2D eigenvalue weighted by Crippen LogP contribution is -2.34. The van der Waals surface area contributed by atoms with Crippen LogP contribution in [0.2, 0.25) is 0 Å². The van der Waals surface area contributed by atoms with Crippen molar-refractivity contribution in [2.24, 2.45) is 0 Å². The Morgan fingerprint density at radius 2 is 2.11 bits per heavy atom. The Kier molecular flexibility index (Phi) is 4.30. The highest BCUT2D eigenvalue weighted by Gasteiger charge is 2.09. The maximum Gasteiger partial charge on any atom is 0.0574 e. The Labute approximate surface area is 121 Å². The number of hydrogen-bond acceptors (Lipinski definition) is 2. The molecule has 98 valence electrons. The summed E-state index contributed by atoms with van der Waals surface area (Å²) >= 11 is 5.36. The highest BCUT2D eigenvalue weighted by molar-refractivity contribution is 9.10. The van der Waals surface area contributed by atoms with Crippen molar-refractivity contribution in [3.05, 3.63) is 44.8 Å². The van der Waals surface area contributed by atoms with Gasteiger partial charge in [0.2, 0.25) is 0 Å². The van der Waals surface area contributed by atoms with Gasteiger partial charge in [-0.3, -0.25) is 0 Å². The Bertz CT molecular complexity index is 508. The average molecular weight is 327 g/mol. The van der Waals surface area contributed by atoms with Crippen LogP contribution in [0.1, 0.15) is 31.2 Å². The van der Waals surface area contributed by atoms with Crippen LogP contribution < -0.4 is 5.32 Å². The van der Waals surface area contributed by atoms with Crippen molar-refractivity contribution < 1.29 is 0 Å². The molecule has 4 heteroatoms. The van der Waals surface area contributed by atoms with E-state index in [2.05, 4.69) is 76.5 Å². The largest absolute Gasteiger partial charge is 0.349 e. The summed E-state index contributed by atoms with van der Waals surface area (Å²) in [5, 5.41) is 5.62. The monoisotopic (exact) mass is 326 g/mol. The van der Waals surface area contributed by atoms with Crippen LogP contribution in [0.25, 0.3) is 0 Å². The molecule has 0 aliphatic rings. The first-order valence-electron chi connectivity index (χ1n) is 6.05. The van der Waals surface area contributed by atoms with Gasteiger partial charge in [0.25, 0.3) is 0 Å². The van der Waals surface area contributed by atoms with E-state index in [1.165, 1.54) is 14.9 Å². The second kappa shape index (κ2) is 5.59. The number of rotatable bonds is 4. The van der Waals surface area contributed by atoms with Gasteiger partial charge in [-0.25, -0.2) is 0 Å². The molecule has 2 rings (SSSR count). The molecule has 0 unspecified atom stereocenters. The van der Waals surface area contributed by atoms with Gasteiger partial charge in [0.15, 0.2) is 0 Å². The number of hydrogen-bond donors (Lipinski definition) is 1. The first-order chi connectivity index (χ1) is 8.44. The quantitative estimate of drug-likeness (QED) is 0.888. The molecule has 0 radical (unpaired) electrons. The van der Waals surface area contributed by atoms with E-state index in [9.17, 15) is 0 Å². The maximum absolute atomic E-state index is 3.57. The zero-order valence-electron chi connectivity index (χ0n) is 11.0. The molecule has 1 N–H and O–H groups in total. The minimum Gasteiger partial charge on any atom is -0.349 e. The van der Waals surface area contributed by atoms with Crippen molar-refractivity contribution in [3.63, 3.8) is 0 Å². The maximum atomic E-state index is 3.57. The zero-order valence-corrected chi connectivity index (χ0v) is 13.4. The SMILES string of the molecule is CC(C)(C)NCc1ccn(Cc2sccc2Br)c1. The lowest BCUT2D eigenvalue weighted by Gasteiger charge is -2.19. The van der Waals surface area contributed by atoms with Gasteiger partial charge >= 0.3 is 0 Å². The molecule has 0 saturated heterocycles. The van der Waals surface area contributed by atoms with Gasteiger partial charge in [-0.1, -0.05) is 0 Å². The lowest BCUT2D eigenvalue weighted by atomic mass is 10.1. The molecule has 0 aliphatic heterocycles. The molecule has 0 amide bonds. The van der Waals surface area contributed by atoms with Crippen LogP contribution in [0.4, 0.5) is 0 Å². The van der Waals surface area contributed by atoms with Gasteiger partial charge in [0.1, 0.15) is 0 Å². The summed E-state index contributed by atoms with van der Waals surface area (Å²) < 4.78 is 3.44. The molecule has 0 bridgehead atoms. The third-order valence-corrected chi connectivity index (χ3v) is 4.56. The summed E-state index contributed by atoms with van der Waals surface area (Å²) in [7, 11) is 0. The predicted molar refractivity (Wildman–Crippen MR) is 82.1 cm³/mol. The predicted octanol–water partition coefficient (Wildman–Crippen LogP) is 4.25. The summed E-state index contributed by atoms with van der Waals surface area (Å²) in [5.41, 5.74) is 1.50. The van der Waals surface area contributed by atoms with Gasteiger partial charge in [-0.05, 0) is 59.8 Å². The summed E-state index contributed by atoms with van der Waals surface area (Å²) in [5.74, 6) is 0. The molecule has 18 heavy (non-hydrogen) atoms. The van der Waals surface area contributed by atoms with Crippen LogP contribution in [-0.2, 0) is 13.1 Å². The molecule has 0 spiro atoms. The summed E-state index contributed by atoms with van der Waals surface area (Å²) in [6, 6.07) is 4.28. The molecule has 2 aromatic heterocycles. The van der Waals surface area contributed by atoms with E-state index in [1.807, 2.05) is 0 Å². The molecule has 2 aromatic rings. The molecule has 0 fully saturated rings. The molecule has 2 nitrogen and oxygen atoms in total. The molecular weight excluding hydrogens is 308 g/mol. The Balaban J connectivity index is 1.96. The van der Waals surface area contributed by atoms with E-state index in [4.69, 9.17) is 0 Å². The fraction of sp³-hybridized carbons (Fsp3) is 0.429. The van der Waals surface area contributed by atoms with Crippen molar-refractivity contribution in [1.82, 2.24) is 9.88 Å². The van der Waals surface area contributed by atoms with Crippen molar-refractivity contribution >= 4 is 27.3 Å². The number of nitrogens with zero attached hydrogens (tertiary/aromatic N) is 1.